The highest BCUT2D eigenvalue weighted by molar-refractivity contribution is 6.02. The summed E-state index contributed by atoms with van der Waals surface area (Å²) in [6.07, 6.45) is -7.20. The summed E-state index contributed by atoms with van der Waals surface area (Å²) in [5.41, 5.74) is 46.0. The van der Waals surface area contributed by atoms with E-state index >= 15 is 0 Å². The Morgan fingerprint density at radius 3 is 1.36 bits per heavy atom. The summed E-state index contributed by atoms with van der Waals surface area (Å²) < 4.78 is 0. The van der Waals surface area contributed by atoms with Gasteiger partial charge in [-0.1, -0.05) is 52.3 Å². The van der Waals surface area contributed by atoms with Crippen LogP contribution < -0.4 is 110 Å². The molecule has 1 aliphatic rings. The van der Waals surface area contributed by atoms with Crippen molar-refractivity contribution in [3.05, 3.63) is 36.0 Å². The Bertz CT molecular complexity index is 4010. The van der Waals surface area contributed by atoms with E-state index in [2.05, 4.69) is 68.8 Å². The zero-order chi connectivity index (χ0) is 91.1. The number of aliphatic hydroxyl groups excluding tert-OH is 1. The van der Waals surface area contributed by atoms with Crippen molar-refractivity contribution in [3.8, 4) is 0 Å². The molecule has 46 nitrogen and oxygen atoms in total. The number of likely N-dealkylation sites (tertiary alicyclic amines) is 1. The summed E-state index contributed by atoms with van der Waals surface area (Å²) in [7, 11) is 0. The number of nitrogens with zero attached hydrogens (tertiary/aromatic N) is 1. The largest absolute Gasteiger partial charge is 0.481 e. The number of aliphatic carboxylic acids is 2. The summed E-state index contributed by atoms with van der Waals surface area (Å²) in [4.78, 5) is 286. The number of carboxylic acids is 2. The predicted molar refractivity (Wildman–Crippen MR) is 428 cm³/mol. The van der Waals surface area contributed by atoms with Gasteiger partial charge in [-0.25, -0.2) is 0 Å². The Kier molecular flexibility index (Phi) is 44.1. The topological polar surface area (TPSA) is 791 Å². The number of amides is 18. The third kappa shape index (κ3) is 36.0. The van der Waals surface area contributed by atoms with E-state index in [1.807, 2.05) is 0 Å². The minimum Gasteiger partial charge on any atom is -0.481 e. The van der Waals surface area contributed by atoms with Crippen LogP contribution in [0.3, 0.4) is 0 Å². The molecule has 1 aromatic carbocycles. The van der Waals surface area contributed by atoms with Crippen LogP contribution in [-0.2, 0) is 107 Å². The maximum Gasteiger partial charge on any atom is 0.305 e. The standard InChI is InChI=1S/C75H118N22O24/c1-6-37(4)61(83)73(119)93-50(31-56(80)102)70(116)88-45(19-22-54(78)100)65(111)87-46(20-23-55(79)101)66(112)91-48(28-36(2)3)68(114)95-52(33-58(82)104)75(121)97-27-13-18-53(97)72(118)90-44(17-10-12-26-77)67(113)96-62(38(5)99)74(120)94-51(32-57(81)103)71(117)86-43(16-9-11-25-76)64(110)92-49(29-39-34-84-42-15-8-7-14-41(39)42)69(115)89-47(21-24-59(105)106)63(109)85-40(35-98)30-60(107)108/h7-8,14-15,34-38,40,43-53,61-62,84,99H,6,9-13,16-33,76-77,83H2,1-5H3,(H2,78,100)(H2,79,101)(H2,80,102)(H2,81,103)(H2,82,104)(H,85,109)(H,86,117)(H,87,111)(H,88,116)(H,89,115)(H,90,118)(H,91,112)(H,92,110)(H,93,119)(H,94,120)(H,95,114)(H,96,113)(H,105,106)(H,107,108)/t37-,38+,40-,43-,44-,45-,46-,47-,48-,49-,50-,51-,52-,53-,61-,62-/m0/s1. The molecular weight excluding hydrogens is 1590 g/mol. The zero-order valence-electron chi connectivity index (χ0n) is 68.2. The third-order valence-electron chi connectivity index (χ3n) is 19.6. The van der Waals surface area contributed by atoms with E-state index in [4.69, 9.17) is 45.9 Å². The first kappa shape index (κ1) is 103. The van der Waals surface area contributed by atoms with Crippen molar-refractivity contribution in [2.45, 2.75) is 260 Å². The molecule has 672 valence electrons. The molecular formula is C75H118N22O24. The molecule has 121 heavy (non-hydrogen) atoms. The SMILES string of the molecule is CC[C@H](C)[C@H](N)C(=O)N[C@@H](CC(N)=O)C(=O)N[C@@H](CCC(N)=O)C(=O)N[C@@H](CCC(N)=O)C(=O)N[C@@H](CC(C)C)C(=O)N[C@@H](CC(N)=O)C(=O)N1CCC[C@H]1C(=O)N[C@@H](CCCCN)C(=O)N[C@H](C(=O)N[C@@H](CC(N)=O)C(=O)N[C@@H](CCCCN)C(=O)N[C@@H](Cc1c[nH]c2ccccc12)C(=O)N[C@@H](CCC(=O)O)C(=O)N[C@H](C=O)CC(=O)O)[C@@H](C)O. The number of unbranched alkanes of at least 4 members (excludes halogenated alkanes) is 2. The summed E-state index contributed by atoms with van der Waals surface area (Å²) >= 11 is 0. The molecule has 46 heteroatoms. The Labute approximate surface area is 696 Å². The number of H-pyrrole nitrogens is 1. The minimum absolute atomic E-state index is 0.0764. The lowest BCUT2D eigenvalue weighted by Gasteiger charge is -2.31. The maximum atomic E-state index is 14.7. The molecule has 2 aromatic rings. The smallest absolute Gasteiger partial charge is 0.305 e. The molecule has 0 spiro atoms. The number of carbonyl (C=O) groups is 21. The van der Waals surface area contributed by atoms with Crippen molar-refractivity contribution >= 4 is 135 Å². The fourth-order valence-corrected chi connectivity index (χ4v) is 12.8. The number of carboxylic acid groups (broad SMARTS) is 2. The number of hydrogen-bond donors (Lipinski definition) is 24. The molecule has 0 bridgehead atoms. The average molecular weight is 1710 g/mol. The van der Waals surface area contributed by atoms with E-state index in [0.29, 0.717) is 22.9 Å². The number of nitrogens with one attached hydrogen (secondary N) is 13. The van der Waals surface area contributed by atoms with Crippen molar-refractivity contribution in [1.29, 1.82) is 0 Å². The second-order valence-electron chi connectivity index (χ2n) is 30.0. The zero-order valence-corrected chi connectivity index (χ0v) is 68.2. The van der Waals surface area contributed by atoms with Crippen LogP contribution in [0.5, 0.6) is 0 Å². The Morgan fingerprint density at radius 2 is 0.893 bits per heavy atom. The van der Waals surface area contributed by atoms with Crippen LogP contribution in [0.15, 0.2) is 30.5 Å². The second-order valence-corrected chi connectivity index (χ2v) is 30.0. The molecule has 1 aromatic heterocycles. The number of para-hydroxylation sites is 1. The van der Waals surface area contributed by atoms with Crippen LogP contribution in [0.2, 0.25) is 0 Å². The average Bonchev–Trinajstić information content (AvgIpc) is 1.73. The minimum atomic E-state index is -2.03. The lowest BCUT2D eigenvalue weighted by Crippen LogP contribution is -2.62. The van der Waals surface area contributed by atoms with Crippen LogP contribution in [0.25, 0.3) is 10.9 Å². The molecule has 0 unspecified atom stereocenters. The van der Waals surface area contributed by atoms with Gasteiger partial charge in [-0.3, -0.25) is 95.9 Å². The number of benzene rings is 1. The predicted octanol–water partition coefficient (Wildman–Crippen LogP) is -8.73. The third-order valence-corrected chi connectivity index (χ3v) is 19.6. The fourth-order valence-electron chi connectivity index (χ4n) is 12.8. The van der Waals surface area contributed by atoms with Gasteiger partial charge in [0.2, 0.25) is 106 Å². The number of aliphatic hydroxyl groups is 1. The number of hydrogen-bond acceptors (Lipinski definition) is 25. The monoisotopic (exact) mass is 1710 g/mol. The van der Waals surface area contributed by atoms with Gasteiger partial charge in [0.05, 0.1) is 43.9 Å². The molecule has 18 amide bonds. The summed E-state index contributed by atoms with van der Waals surface area (Å²) in [5.74, 6) is -23.7. The Morgan fingerprint density at radius 1 is 0.479 bits per heavy atom. The highest BCUT2D eigenvalue weighted by Gasteiger charge is 2.43. The highest BCUT2D eigenvalue weighted by atomic mass is 16.4. The van der Waals surface area contributed by atoms with Crippen LogP contribution in [0.4, 0.5) is 0 Å². The molecule has 0 radical (unpaired) electrons. The molecule has 1 fully saturated rings. The van der Waals surface area contributed by atoms with Gasteiger partial charge in [-0.15, -0.1) is 0 Å². The van der Waals surface area contributed by atoms with Gasteiger partial charge in [0.15, 0.2) is 0 Å². The first-order valence-corrected chi connectivity index (χ1v) is 39.6. The lowest BCUT2D eigenvalue weighted by molar-refractivity contribution is -0.143. The van der Waals surface area contributed by atoms with Crippen molar-refractivity contribution in [2.75, 3.05) is 19.6 Å². The molecule has 0 saturated carbocycles. The van der Waals surface area contributed by atoms with Crippen LogP contribution >= 0.6 is 0 Å². The number of aldehydes is 1. The molecule has 3 rings (SSSR count). The molecule has 32 N–H and O–H groups in total. The van der Waals surface area contributed by atoms with Gasteiger partial charge >= 0.3 is 11.9 Å². The molecule has 1 saturated heterocycles. The Hall–Kier alpha value is -12.3. The normalized spacial score (nSPS) is 16.1. The maximum absolute atomic E-state index is 14.7. The second kappa shape index (κ2) is 51.9. The van der Waals surface area contributed by atoms with Gasteiger partial charge in [-0.05, 0) is 121 Å². The van der Waals surface area contributed by atoms with Crippen molar-refractivity contribution in [2.24, 2.45) is 57.7 Å². The highest BCUT2D eigenvalue weighted by Crippen LogP contribution is 2.23. The Balaban J connectivity index is 1.96. The van der Waals surface area contributed by atoms with Gasteiger partial charge in [0.1, 0.15) is 78.8 Å². The van der Waals surface area contributed by atoms with E-state index in [9.17, 15) is 116 Å². The molecule has 1 aliphatic heterocycles. The van der Waals surface area contributed by atoms with E-state index in [-0.39, 0.29) is 90.1 Å². The summed E-state index contributed by atoms with van der Waals surface area (Å²) in [5, 5.41) is 59.0. The van der Waals surface area contributed by atoms with Crippen molar-refractivity contribution in [1.82, 2.24) is 73.7 Å². The number of aromatic amines is 1. The number of aromatic nitrogens is 1. The molecule has 2 heterocycles. The van der Waals surface area contributed by atoms with Crippen molar-refractivity contribution in [3.63, 3.8) is 0 Å². The number of carbonyl (C=O) groups excluding carboxylic acids is 19. The van der Waals surface area contributed by atoms with E-state index in [0.717, 1.165) is 11.8 Å². The van der Waals surface area contributed by atoms with Crippen molar-refractivity contribution < 1.29 is 116 Å². The molecule has 0 aliphatic carbocycles. The van der Waals surface area contributed by atoms with Gasteiger partial charge in [0.25, 0.3) is 0 Å². The van der Waals surface area contributed by atoms with Crippen LogP contribution in [-0.4, -0.2) is 260 Å². The number of nitrogens with two attached hydrogens (primary N) is 8. The van der Waals surface area contributed by atoms with E-state index in [1.54, 1.807) is 52.0 Å². The number of rotatable bonds is 58. The van der Waals surface area contributed by atoms with Crippen LogP contribution in [0.1, 0.15) is 169 Å². The number of fused-ring (bicyclic) bond motifs is 1. The van der Waals surface area contributed by atoms with E-state index < -0.39 is 285 Å². The first-order chi connectivity index (χ1) is 56.9. The van der Waals surface area contributed by atoms with Gasteiger partial charge < -0.3 is 140 Å². The fraction of sp³-hybridized carbons (Fsp3) is 0.613. The number of primary amides is 5. The first-order valence-electron chi connectivity index (χ1n) is 39.6. The van der Waals surface area contributed by atoms with Gasteiger partial charge in [-0.2, -0.15) is 0 Å². The summed E-state index contributed by atoms with van der Waals surface area (Å²) in [6.45, 7) is 7.65. The van der Waals surface area contributed by atoms with Crippen LogP contribution in [0, 0.1) is 11.8 Å². The van der Waals surface area contributed by atoms with E-state index in [1.165, 1.54) is 6.20 Å². The lowest BCUT2D eigenvalue weighted by atomic mass is 9.98. The quantitative estimate of drug-likeness (QED) is 0.0216. The molecule has 16 atom stereocenters. The summed E-state index contributed by atoms with van der Waals surface area (Å²) in [6, 6.07) is -17.0. The van der Waals surface area contributed by atoms with Gasteiger partial charge in [0, 0.05) is 49.3 Å².